The van der Waals surface area contributed by atoms with Crippen molar-refractivity contribution in [1.82, 2.24) is 0 Å². The number of hydrogen-bond acceptors (Lipinski definition) is 2. The Morgan fingerprint density at radius 3 is 2.44 bits per heavy atom. The molecule has 0 atom stereocenters. The SMILES string of the molecule is CC1(C)CCC(=O)N1c1ccc(NC(=O)Cc2ccccc2F)cc1. The standard InChI is InChI=1S/C20H21FN2O2/c1-20(2)12-11-19(25)23(20)16-9-7-15(8-10-16)22-18(24)13-14-5-3-4-6-17(14)21/h3-10H,11-13H2,1-2H3,(H,22,24). The van der Waals surface area contributed by atoms with Crippen molar-refractivity contribution < 1.29 is 14.0 Å². The second kappa shape index (κ2) is 6.67. The summed E-state index contributed by atoms with van der Waals surface area (Å²) < 4.78 is 13.6. The molecule has 0 bridgehead atoms. The van der Waals surface area contributed by atoms with Gasteiger partial charge < -0.3 is 10.2 Å². The number of amides is 2. The van der Waals surface area contributed by atoms with Crippen LogP contribution in [0.25, 0.3) is 0 Å². The van der Waals surface area contributed by atoms with E-state index in [9.17, 15) is 14.0 Å². The molecule has 3 rings (SSSR count). The Hall–Kier alpha value is -2.69. The highest BCUT2D eigenvalue weighted by atomic mass is 19.1. The average Bonchev–Trinajstić information content (AvgIpc) is 2.84. The molecule has 25 heavy (non-hydrogen) atoms. The molecule has 4 nitrogen and oxygen atoms in total. The van der Waals surface area contributed by atoms with E-state index in [1.54, 1.807) is 35.2 Å². The van der Waals surface area contributed by atoms with Gasteiger partial charge in [-0.05, 0) is 56.2 Å². The maximum absolute atomic E-state index is 13.6. The zero-order valence-electron chi connectivity index (χ0n) is 14.4. The van der Waals surface area contributed by atoms with Crippen LogP contribution in [0.2, 0.25) is 0 Å². The molecule has 0 saturated carbocycles. The predicted octanol–water partition coefficient (Wildman–Crippen LogP) is 3.91. The number of nitrogens with one attached hydrogen (secondary N) is 1. The zero-order chi connectivity index (χ0) is 18.0. The van der Waals surface area contributed by atoms with Gasteiger partial charge in [-0.25, -0.2) is 4.39 Å². The Morgan fingerprint density at radius 2 is 1.84 bits per heavy atom. The summed E-state index contributed by atoms with van der Waals surface area (Å²) in [7, 11) is 0. The molecular formula is C20H21FN2O2. The van der Waals surface area contributed by atoms with Crippen molar-refractivity contribution in [3.63, 3.8) is 0 Å². The molecule has 0 aromatic heterocycles. The normalized spacial score (nSPS) is 16.1. The molecule has 2 aromatic carbocycles. The molecule has 2 amide bonds. The van der Waals surface area contributed by atoms with Crippen molar-refractivity contribution >= 4 is 23.2 Å². The maximum Gasteiger partial charge on any atom is 0.228 e. The van der Waals surface area contributed by atoms with Gasteiger partial charge in [-0.1, -0.05) is 18.2 Å². The van der Waals surface area contributed by atoms with Gasteiger partial charge in [0, 0.05) is 23.3 Å². The first-order chi connectivity index (χ1) is 11.9. The van der Waals surface area contributed by atoms with Crippen LogP contribution in [0, 0.1) is 5.82 Å². The van der Waals surface area contributed by atoms with Crippen LogP contribution in [0.5, 0.6) is 0 Å². The van der Waals surface area contributed by atoms with Gasteiger partial charge in [0.1, 0.15) is 5.82 Å². The topological polar surface area (TPSA) is 49.4 Å². The zero-order valence-corrected chi connectivity index (χ0v) is 14.4. The van der Waals surface area contributed by atoms with Crippen LogP contribution in [0.15, 0.2) is 48.5 Å². The summed E-state index contributed by atoms with van der Waals surface area (Å²) in [5.74, 6) is -0.556. The van der Waals surface area contributed by atoms with Crippen LogP contribution in [0.4, 0.5) is 15.8 Å². The average molecular weight is 340 g/mol. The van der Waals surface area contributed by atoms with Gasteiger partial charge in [-0.3, -0.25) is 9.59 Å². The van der Waals surface area contributed by atoms with Crippen LogP contribution >= 0.6 is 0 Å². The molecule has 1 heterocycles. The van der Waals surface area contributed by atoms with E-state index in [1.165, 1.54) is 6.07 Å². The quantitative estimate of drug-likeness (QED) is 0.917. The predicted molar refractivity (Wildman–Crippen MR) is 96.0 cm³/mol. The third-order valence-corrected chi connectivity index (χ3v) is 4.52. The van der Waals surface area contributed by atoms with Gasteiger partial charge in [0.15, 0.2) is 0 Å². The Kier molecular flexibility index (Phi) is 4.57. The first-order valence-corrected chi connectivity index (χ1v) is 8.33. The van der Waals surface area contributed by atoms with Crippen molar-refractivity contribution in [3.8, 4) is 0 Å². The number of halogens is 1. The van der Waals surface area contributed by atoms with Crippen LogP contribution in [0.3, 0.4) is 0 Å². The van der Waals surface area contributed by atoms with E-state index in [2.05, 4.69) is 5.32 Å². The number of benzene rings is 2. The largest absolute Gasteiger partial charge is 0.326 e. The summed E-state index contributed by atoms with van der Waals surface area (Å²) in [5, 5.41) is 2.76. The second-order valence-electron chi connectivity index (χ2n) is 6.90. The highest BCUT2D eigenvalue weighted by Crippen LogP contribution is 2.34. The van der Waals surface area contributed by atoms with Crippen molar-refractivity contribution in [3.05, 3.63) is 59.9 Å². The van der Waals surface area contributed by atoms with Crippen LogP contribution in [0.1, 0.15) is 32.3 Å². The fraction of sp³-hybridized carbons (Fsp3) is 0.300. The Balaban J connectivity index is 1.68. The highest BCUT2D eigenvalue weighted by Gasteiger charge is 2.38. The van der Waals surface area contributed by atoms with Crippen molar-refractivity contribution in [2.75, 3.05) is 10.2 Å². The lowest BCUT2D eigenvalue weighted by molar-refractivity contribution is -0.117. The number of hydrogen-bond donors (Lipinski definition) is 1. The highest BCUT2D eigenvalue weighted by molar-refractivity contribution is 5.98. The molecular weight excluding hydrogens is 319 g/mol. The van der Waals surface area contributed by atoms with Crippen molar-refractivity contribution in [2.24, 2.45) is 0 Å². The van der Waals surface area contributed by atoms with E-state index in [4.69, 9.17) is 0 Å². The van der Waals surface area contributed by atoms with Gasteiger partial charge in [-0.15, -0.1) is 0 Å². The van der Waals surface area contributed by atoms with Gasteiger partial charge in [-0.2, -0.15) is 0 Å². The van der Waals surface area contributed by atoms with E-state index in [-0.39, 0.29) is 29.6 Å². The Bertz CT molecular complexity index is 800. The molecule has 0 aliphatic carbocycles. The summed E-state index contributed by atoms with van der Waals surface area (Å²) in [6.07, 6.45) is 1.35. The molecule has 1 aliphatic heterocycles. The first kappa shape index (κ1) is 17.1. The lowest BCUT2D eigenvalue weighted by atomic mass is 10.0. The second-order valence-corrected chi connectivity index (χ2v) is 6.90. The number of carbonyl (C=O) groups excluding carboxylic acids is 2. The molecule has 1 saturated heterocycles. The van der Waals surface area contributed by atoms with Crippen LogP contribution in [-0.2, 0) is 16.0 Å². The number of carbonyl (C=O) groups is 2. The Labute approximate surface area is 146 Å². The van der Waals surface area contributed by atoms with E-state index in [0.29, 0.717) is 17.7 Å². The molecule has 0 unspecified atom stereocenters. The number of anilines is 2. The fourth-order valence-corrected chi connectivity index (χ4v) is 3.18. The van der Waals surface area contributed by atoms with E-state index in [1.807, 2.05) is 26.0 Å². The smallest absolute Gasteiger partial charge is 0.228 e. The summed E-state index contributed by atoms with van der Waals surface area (Å²) >= 11 is 0. The van der Waals surface area contributed by atoms with Gasteiger partial charge >= 0.3 is 0 Å². The molecule has 1 aliphatic rings. The number of rotatable bonds is 4. The molecule has 0 spiro atoms. The van der Waals surface area contributed by atoms with E-state index >= 15 is 0 Å². The van der Waals surface area contributed by atoms with E-state index in [0.717, 1.165) is 12.1 Å². The molecule has 1 fully saturated rings. The summed E-state index contributed by atoms with van der Waals surface area (Å²) in [4.78, 5) is 26.0. The molecule has 1 N–H and O–H groups in total. The van der Waals surface area contributed by atoms with Gasteiger partial charge in [0.25, 0.3) is 0 Å². The Morgan fingerprint density at radius 1 is 1.16 bits per heavy atom. The fourth-order valence-electron chi connectivity index (χ4n) is 3.18. The summed E-state index contributed by atoms with van der Waals surface area (Å²) in [5.41, 5.74) is 1.60. The molecule has 2 aromatic rings. The van der Waals surface area contributed by atoms with Crippen LogP contribution in [-0.4, -0.2) is 17.4 Å². The first-order valence-electron chi connectivity index (χ1n) is 8.33. The molecule has 0 radical (unpaired) electrons. The van der Waals surface area contributed by atoms with Gasteiger partial charge in [0.05, 0.1) is 6.42 Å². The van der Waals surface area contributed by atoms with E-state index < -0.39 is 0 Å². The van der Waals surface area contributed by atoms with Gasteiger partial charge in [0.2, 0.25) is 11.8 Å². The van der Waals surface area contributed by atoms with Crippen molar-refractivity contribution in [1.29, 1.82) is 0 Å². The monoisotopic (exact) mass is 340 g/mol. The molecule has 130 valence electrons. The molecule has 5 heteroatoms. The third-order valence-electron chi connectivity index (χ3n) is 4.52. The number of nitrogens with zero attached hydrogens (tertiary/aromatic N) is 1. The minimum Gasteiger partial charge on any atom is -0.326 e. The summed E-state index contributed by atoms with van der Waals surface area (Å²) in [6.45, 7) is 4.09. The maximum atomic E-state index is 13.6. The van der Waals surface area contributed by atoms with Crippen LogP contribution < -0.4 is 10.2 Å². The lowest BCUT2D eigenvalue weighted by Gasteiger charge is -2.31. The van der Waals surface area contributed by atoms with Crippen molar-refractivity contribution in [2.45, 2.75) is 38.6 Å². The minimum atomic E-state index is -0.386. The summed E-state index contributed by atoms with van der Waals surface area (Å²) in [6, 6.07) is 13.4. The minimum absolute atomic E-state index is 0.0218. The lowest BCUT2D eigenvalue weighted by Crippen LogP contribution is -2.40. The third kappa shape index (κ3) is 3.71.